The van der Waals surface area contributed by atoms with E-state index >= 15 is 0 Å². The van der Waals surface area contributed by atoms with Gasteiger partial charge in [0.2, 0.25) is 5.91 Å². The summed E-state index contributed by atoms with van der Waals surface area (Å²) in [5.74, 6) is 0.271. The highest BCUT2D eigenvalue weighted by atomic mass is 35.5. The molecule has 0 radical (unpaired) electrons. The molecule has 0 unspecified atom stereocenters. The molecule has 4 heterocycles. The number of aromatic nitrogens is 1. The Morgan fingerprint density at radius 3 is 2.50 bits per heavy atom. The van der Waals surface area contributed by atoms with Crippen LogP contribution < -0.4 is 0 Å². The molecule has 3 aromatic rings. The summed E-state index contributed by atoms with van der Waals surface area (Å²) in [4.78, 5) is 18.5. The van der Waals surface area contributed by atoms with E-state index in [9.17, 15) is 4.79 Å². The molecule has 2 aromatic carbocycles. The van der Waals surface area contributed by atoms with Crippen molar-refractivity contribution in [3.63, 3.8) is 0 Å². The van der Waals surface area contributed by atoms with Crippen molar-refractivity contribution in [1.29, 1.82) is 0 Å². The van der Waals surface area contributed by atoms with Gasteiger partial charge in [0.15, 0.2) is 0 Å². The molecule has 3 aliphatic rings. The molecule has 1 aromatic heterocycles. The van der Waals surface area contributed by atoms with Gasteiger partial charge in [0, 0.05) is 49.7 Å². The fourth-order valence-corrected chi connectivity index (χ4v) is 5.74. The lowest BCUT2D eigenvalue weighted by molar-refractivity contribution is -0.00231. The lowest BCUT2D eigenvalue weighted by Crippen LogP contribution is -2.60. The van der Waals surface area contributed by atoms with Crippen LogP contribution in [0.15, 0.2) is 54.6 Å². The van der Waals surface area contributed by atoms with Gasteiger partial charge in [-0.1, -0.05) is 48.5 Å². The van der Waals surface area contributed by atoms with Gasteiger partial charge >= 0.3 is 0 Å². The van der Waals surface area contributed by atoms with Crippen molar-refractivity contribution in [3.8, 4) is 0 Å². The number of halogens is 2. The molecule has 30 heavy (non-hydrogen) atoms. The van der Waals surface area contributed by atoms with E-state index in [4.69, 9.17) is 0 Å². The van der Waals surface area contributed by atoms with Crippen LogP contribution in [-0.2, 0) is 12.8 Å². The maximum Gasteiger partial charge on any atom is 0.233 e. The Labute approximate surface area is 189 Å². The van der Waals surface area contributed by atoms with Gasteiger partial charge in [-0.15, -0.1) is 24.8 Å². The Balaban J connectivity index is 0.00000109. The molecule has 3 aliphatic heterocycles. The Bertz CT molecular complexity index is 1070. The van der Waals surface area contributed by atoms with Crippen molar-refractivity contribution >= 4 is 41.6 Å². The minimum Gasteiger partial charge on any atom is -0.296 e. The summed E-state index contributed by atoms with van der Waals surface area (Å²) in [6.45, 7) is 4.31. The number of para-hydroxylation sites is 1. The molecule has 0 aliphatic carbocycles. The molecule has 0 saturated carbocycles. The zero-order chi connectivity index (χ0) is 18.7. The molecular formula is C24H27Cl2N3O. The first-order chi connectivity index (χ1) is 13.8. The lowest BCUT2D eigenvalue weighted by Gasteiger charge is -2.51. The third-order valence-electron chi connectivity index (χ3n) is 7.01. The second-order valence-corrected chi connectivity index (χ2v) is 8.38. The van der Waals surface area contributed by atoms with E-state index in [0.29, 0.717) is 18.5 Å². The smallest absolute Gasteiger partial charge is 0.233 e. The minimum atomic E-state index is 0. The number of carbonyl (C=O) groups is 1. The van der Waals surface area contributed by atoms with Crippen molar-refractivity contribution in [2.24, 2.45) is 0 Å². The normalized spacial score (nSPS) is 22.9. The molecule has 0 amide bonds. The summed E-state index contributed by atoms with van der Waals surface area (Å²) in [5.41, 5.74) is 5.20. The Kier molecular flexibility index (Phi) is 5.95. The first-order valence-corrected chi connectivity index (χ1v) is 10.5. The van der Waals surface area contributed by atoms with Crippen molar-refractivity contribution in [3.05, 3.63) is 71.4 Å². The second kappa shape index (κ2) is 8.35. The average Bonchev–Trinajstić information content (AvgIpc) is 3.09. The van der Waals surface area contributed by atoms with Gasteiger partial charge in [-0.25, -0.2) is 0 Å². The second-order valence-electron chi connectivity index (χ2n) is 8.38. The molecule has 0 N–H and O–H groups in total. The van der Waals surface area contributed by atoms with Gasteiger partial charge in [-0.05, 0) is 30.0 Å². The van der Waals surface area contributed by atoms with Gasteiger partial charge in [0.25, 0.3) is 0 Å². The quantitative estimate of drug-likeness (QED) is 0.601. The van der Waals surface area contributed by atoms with Crippen LogP contribution in [-0.4, -0.2) is 52.5 Å². The number of nitrogens with zero attached hydrogens (tertiary/aromatic N) is 3. The Hall–Kier alpha value is -1.85. The first kappa shape index (κ1) is 21.4. The molecule has 0 bridgehead atoms. The number of carbonyl (C=O) groups excluding carboxylic acids is 1. The van der Waals surface area contributed by atoms with Crippen LogP contribution in [0.25, 0.3) is 10.9 Å². The molecule has 1 fully saturated rings. The molecule has 158 valence electrons. The molecular weight excluding hydrogens is 417 g/mol. The maximum atomic E-state index is 13.2. The largest absolute Gasteiger partial charge is 0.296 e. The van der Waals surface area contributed by atoms with Crippen LogP contribution in [0.3, 0.4) is 0 Å². The minimum absolute atomic E-state index is 0. The van der Waals surface area contributed by atoms with E-state index < -0.39 is 0 Å². The van der Waals surface area contributed by atoms with E-state index in [1.807, 2.05) is 0 Å². The van der Waals surface area contributed by atoms with E-state index in [2.05, 4.69) is 69.0 Å². The van der Waals surface area contributed by atoms with E-state index in [0.717, 1.165) is 44.5 Å². The molecule has 0 spiro atoms. The summed E-state index contributed by atoms with van der Waals surface area (Å²) >= 11 is 0. The molecule has 6 rings (SSSR count). The van der Waals surface area contributed by atoms with Gasteiger partial charge in [-0.2, -0.15) is 0 Å². The highest BCUT2D eigenvalue weighted by molar-refractivity contribution is 5.97. The van der Waals surface area contributed by atoms with Gasteiger partial charge in [-0.3, -0.25) is 19.2 Å². The van der Waals surface area contributed by atoms with Crippen molar-refractivity contribution < 1.29 is 4.79 Å². The third-order valence-corrected chi connectivity index (χ3v) is 7.01. The van der Waals surface area contributed by atoms with E-state index in [1.165, 1.54) is 22.2 Å². The van der Waals surface area contributed by atoms with Crippen LogP contribution in [0, 0.1) is 0 Å². The van der Waals surface area contributed by atoms with Gasteiger partial charge in [0.1, 0.15) is 0 Å². The van der Waals surface area contributed by atoms with E-state index in [-0.39, 0.29) is 30.7 Å². The van der Waals surface area contributed by atoms with Crippen molar-refractivity contribution in [1.82, 2.24) is 14.4 Å². The van der Waals surface area contributed by atoms with E-state index in [1.54, 1.807) is 0 Å². The predicted molar refractivity (Wildman–Crippen MR) is 125 cm³/mol. The third kappa shape index (κ3) is 3.18. The number of rotatable bonds is 3. The van der Waals surface area contributed by atoms with Crippen molar-refractivity contribution in [2.75, 3.05) is 26.2 Å². The zero-order valence-electron chi connectivity index (χ0n) is 16.9. The number of piperazine rings is 1. The van der Waals surface area contributed by atoms with Crippen LogP contribution in [0.2, 0.25) is 0 Å². The van der Waals surface area contributed by atoms with Gasteiger partial charge < -0.3 is 0 Å². The van der Waals surface area contributed by atoms with Crippen LogP contribution >= 0.6 is 24.8 Å². The number of benzene rings is 2. The number of hydrogen-bond donors (Lipinski definition) is 0. The average molecular weight is 444 g/mol. The molecule has 1 saturated heterocycles. The summed E-state index contributed by atoms with van der Waals surface area (Å²) in [5, 5.41) is 1.28. The first-order valence-electron chi connectivity index (χ1n) is 10.5. The van der Waals surface area contributed by atoms with Crippen LogP contribution in [0.4, 0.5) is 0 Å². The predicted octanol–water partition coefficient (Wildman–Crippen LogP) is 4.35. The Morgan fingerprint density at radius 2 is 1.67 bits per heavy atom. The number of fused-ring (bicyclic) bond motifs is 3. The molecule has 6 heteroatoms. The topological polar surface area (TPSA) is 28.5 Å². The highest BCUT2D eigenvalue weighted by Gasteiger charge is 2.47. The molecule has 4 nitrogen and oxygen atoms in total. The fraction of sp³-hybridized carbons (Fsp3) is 0.375. The van der Waals surface area contributed by atoms with Gasteiger partial charge in [0.05, 0.1) is 11.6 Å². The lowest BCUT2D eigenvalue weighted by atomic mass is 9.85. The summed E-state index contributed by atoms with van der Waals surface area (Å²) in [7, 11) is 0. The fourth-order valence-electron chi connectivity index (χ4n) is 5.74. The number of hydrogen-bond acceptors (Lipinski definition) is 3. The highest BCUT2D eigenvalue weighted by Crippen LogP contribution is 2.45. The SMILES string of the molecule is Cl.Cl.O=C1C[C@@H]2[C@@H]3c4c(c5ccccc5n41)CCN3CCN2CCc1ccccc1. The summed E-state index contributed by atoms with van der Waals surface area (Å²) in [6.07, 6.45) is 2.73. The summed E-state index contributed by atoms with van der Waals surface area (Å²) in [6, 6.07) is 19.9. The van der Waals surface area contributed by atoms with Crippen LogP contribution in [0.5, 0.6) is 0 Å². The Morgan fingerprint density at radius 1 is 0.900 bits per heavy atom. The zero-order valence-corrected chi connectivity index (χ0v) is 18.5. The monoisotopic (exact) mass is 443 g/mol. The molecule has 2 atom stereocenters. The summed E-state index contributed by atoms with van der Waals surface area (Å²) < 4.78 is 2.05. The van der Waals surface area contributed by atoms with Crippen LogP contribution in [0.1, 0.15) is 34.1 Å². The standard InChI is InChI=1S/C24H25N3O.2ClH/c28-22-16-21-24-23-19(18-8-4-5-9-20(18)27(22)23)11-13-26(24)15-14-25(21)12-10-17-6-2-1-3-7-17;;/h1-9,21,24H,10-16H2;2*1H/t21-,24-;;/m1../s1. The maximum absolute atomic E-state index is 13.2. The van der Waals surface area contributed by atoms with Crippen molar-refractivity contribution in [2.45, 2.75) is 31.3 Å².